The molecule has 176 valence electrons. The third-order valence-electron chi connectivity index (χ3n) is 5.74. The molecule has 5 rings (SSSR count). The molecule has 0 aliphatic heterocycles. The normalized spacial score (nSPS) is 11.0. The summed E-state index contributed by atoms with van der Waals surface area (Å²) in [5, 5.41) is 14.2. The molecule has 0 spiro atoms. The average Bonchev–Trinajstić information content (AvgIpc) is 3.31. The minimum absolute atomic E-state index is 0.0611. The van der Waals surface area contributed by atoms with Gasteiger partial charge in [-0.3, -0.25) is 4.79 Å². The molecule has 0 atom stereocenters. The highest BCUT2D eigenvalue weighted by molar-refractivity contribution is 14.1. The first-order chi connectivity index (χ1) is 17.6. The number of nitrogens with one attached hydrogen (secondary N) is 1. The van der Waals surface area contributed by atoms with E-state index < -0.39 is 5.91 Å². The minimum atomic E-state index is -0.398. The summed E-state index contributed by atoms with van der Waals surface area (Å²) in [6, 6.07) is 37.4. The van der Waals surface area contributed by atoms with Crippen LogP contribution in [0.1, 0.15) is 15.9 Å². The first kappa shape index (κ1) is 23.6. The van der Waals surface area contributed by atoms with Gasteiger partial charge in [0.15, 0.2) is 0 Å². The minimum Gasteiger partial charge on any atom is -0.507 e. The zero-order valence-electron chi connectivity index (χ0n) is 19.2. The zero-order chi connectivity index (χ0) is 24.9. The Labute approximate surface area is 222 Å². The Kier molecular flexibility index (Phi) is 6.95. The molecule has 0 aliphatic rings. The number of benzene rings is 4. The maximum Gasteiger partial charge on any atom is 0.271 e. The molecule has 6 heteroatoms. The Balaban J connectivity index is 1.60. The molecule has 36 heavy (non-hydrogen) atoms. The van der Waals surface area contributed by atoms with Crippen LogP contribution in [0.15, 0.2) is 120 Å². The number of carbonyl (C=O) groups is 1. The fourth-order valence-electron chi connectivity index (χ4n) is 4.07. The molecule has 5 aromatic rings. The number of hydrogen-bond acceptors (Lipinski definition) is 3. The SMILES string of the molecule is O=C(N/N=C\c1cc(-c2ccccc2)n(-c2ccccc2)c1-c1ccccc1)c1ccc(I)c(O)c1. The van der Waals surface area contributed by atoms with Crippen molar-refractivity contribution in [3.63, 3.8) is 0 Å². The largest absolute Gasteiger partial charge is 0.507 e. The van der Waals surface area contributed by atoms with Crippen molar-refractivity contribution < 1.29 is 9.90 Å². The number of halogens is 1. The number of aromatic nitrogens is 1. The van der Waals surface area contributed by atoms with Crippen LogP contribution < -0.4 is 5.43 Å². The third-order valence-corrected chi connectivity index (χ3v) is 6.65. The van der Waals surface area contributed by atoms with Crippen molar-refractivity contribution in [1.29, 1.82) is 0 Å². The van der Waals surface area contributed by atoms with Crippen LogP contribution in [0.5, 0.6) is 5.75 Å². The van der Waals surface area contributed by atoms with Gasteiger partial charge in [-0.1, -0.05) is 78.9 Å². The summed E-state index contributed by atoms with van der Waals surface area (Å²) in [5.74, 6) is -0.337. The number of aromatic hydroxyl groups is 1. The molecule has 5 nitrogen and oxygen atoms in total. The average molecular weight is 583 g/mol. The molecule has 2 N–H and O–H groups in total. The van der Waals surface area contributed by atoms with Crippen molar-refractivity contribution in [2.45, 2.75) is 0 Å². The van der Waals surface area contributed by atoms with E-state index in [1.54, 1.807) is 18.3 Å². The van der Waals surface area contributed by atoms with Crippen LogP contribution in [0, 0.1) is 3.57 Å². The van der Waals surface area contributed by atoms with Gasteiger partial charge in [0.2, 0.25) is 0 Å². The van der Waals surface area contributed by atoms with Crippen molar-refractivity contribution in [1.82, 2.24) is 9.99 Å². The molecule has 0 saturated heterocycles. The summed E-state index contributed by atoms with van der Waals surface area (Å²) in [6.45, 7) is 0. The number of phenolic OH excluding ortho intramolecular Hbond substituents is 1. The van der Waals surface area contributed by atoms with Crippen LogP contribution >= 0.6 is 22.6 Å². The molecule has 4 aromatic carbocycles. The topological polar surface area (TPSA) is 66.6 Å². The number of amides is 1. The maximum absolute atomic E-state index is 12.6. The van der Waals surface area contributed by atoms with Gasteiger partial charge in [-0.25, -0.2) is 5.43 Å². The van der Waals surface area contributed by atoms with Gasteiger partial charge < -0.3 is 9.67 Å². The summed E-state index contributed by atoms with van der Waals surface area (Å²) in [6.07, 6.45) is 1.67. The van der Waals surface area contributed by atoms with Crippen molar-refractivity contribution in [3.05, 3.63) is 130 Å². The van der Waals surface area contributed by atoms with Crippen molar-refractivity contribution in [2.75, 3.05) is 0 Å². The van der Waals surface area contributed by atoms with E-state index in [1.807, 2.05) is 77.2 Å². The van der Waals surface area contributed by atoms with Crippen LogP contribution in [-0.2, 0) is 0 Å². The number of hydrazone groups is 1. The number of nitrogens with zero attached hydrogens (tertiary/aromatic N) is 2. The molecule has 0 unspecified atom stereocenters. The lowest BCUT2D eigenvalue weighted by Gasteiger charge is -2.15. The third kappa shape index (κ3) is 4.94. The van der Waals surface area contributed by atoms with Gasteiger partial charge in [-0.05, 0) is 70.1 Å². The lowest BCUT2D eigenvalue weighted by Crippen LogP contribution is -2.17. The summed E-state index contributed by atoms with van der Waals surface area (Å²) in [5.41, 5.74) is 8.87. The Hall–Kier alpha value is -4.17. The van der Waals surface area contributed by atoms with E-state index in [1.165, 1.54) is 6.07 Å². The number of para-hydroxylation sites is 1. The van der Waals surface area contributed by atoms with Crippen molar-refractivity contribution in [3.8, 4) is 34.0 Å². The van der Waals surface area contributed by atoms with Crippen LogP contribution in [0.2, 0.25) is 0 Å². The van der Waals surface area contributed by atoms with Gasteiger partial charge in [0.25, 0.3) is 5.91 Å². The Morgan fingerprint density at radius 2 is 1.42 bits per heavy atom. The molecular formula is C30H22IN3O2. The van der Waals surface area contributed by atoms with E-state index in [-0.39, 0.29) is 5.75 Å². The van der Waals surface area contributed by atoms with Gasteiger partial charge in [0, 0.05) is 16.8 Å². The second-order valence-electron chi connectivity index (χ2n) is 8.10. The lowest BCUT2D eigenvalue weighted by molar-refractivity contribution is 0.0954. The molecule has 1 aromatic heterocycles. The Morgan fingerprint density at radius 1 is 0.806 bits per heavy atom. The summed E-state index contributed by atoms with van der Waals surface area (Å²) >= 11 is 2.01. The van der Waals surface area contributed by atoms with Gasteiger partial charge >= 0.3 is 0 Å². The van der Waals surface area contributed by atoms with Gasteiger partial charge in [-0.15, -0.1) is 0 Å². The highest BCUT2D eigenvalue weighted by Crippen LogP contribution is 2.35. The number of hydrogen-bond donors (Lipinski definition) is 2. The summed E-state index contributed by atoms with van der Waals surface area (Å²) < 4.78 is 2.89. The summed E-state index contributed by atoms with van der Waals surface area (Å²) in [7, 11) is 0. The first-order valence-electron chi connectivity index (χ1n) is 11.4. The second kappa shape index (κ2) is 10.6. The quantitative estimate of drug-likeness (QED) is 0.130. The molecule has 0 saturated carbocycles. The second-order valence-corrected chi connectivity index (χ2v) is 9.26. The standard InChI is InChI=1S/C30H22IN3O2/c31-26-17-16-23(19-28(26)35)30(36)33-32-20-24-18-27(21-10-4-1-5-11-21)34(25-14-8-3-9-15-25)29(24)22-12-6-2-7-13-22/h1-20,35H,(H,33,36)/b32-20-. The van der Waals surface area contributed by atoms with Crippen LogP contribution in [0.25, 0.3) is 28.2 Å². The molecule has 0 bridgehead atoms. The van der Waals surface area contributed by atoms with Crippen LogP contribution in [0.4, 0.5) is 0 Å². The fraction of sp³-hybridized carbons (Fsp3) is 0. The summed E-state index contributed by atoms with van der Waals surface area (Å²) in [4.78, 5) is 12.6. The van der Waals surface area contributed by atoms with E-state index in [9.17, 15) is 9.90 Å². The highest BCUT2D eigenvalue weighted by atomic mass is 127. The Morgan fingerprint density at radius 3 is 2.06 bits per heavy atom. The van der Waals surface area contributed by atoms with E-state index in [4.69, 9.17) is 0 Å². The number of carbonyl (C=O) groups excluding carboxylic acids is 1. The fourth-order valence-corrected chi connectivity index (χ4v) is 4.40. The molecule has 1 amide bonds. The molecule has 1 heterocycles. The molecule has 0 aliphatic carbocycles. The number of rotatable bonds is 6. The zero-order valence-corrected chi connectivity index (χ0v) is 21.3. The van der Waals surface area contributed by atoms with Crippen molar-refractivity contribution in [2.24, 2.45) is 5.10 Å². The van der Waals surface area contributed by atoms with E-state index in [0.29, 0.717) is 9.13 Å². The first-order valence-corrected chi connectivity index (χ1v) is 12.4. The predicted molar refractivity (Wildman–Crippen MR) is 153 cm³/mol. The maximum atomic E-state index is 12.6. The Bertz CT molecular complexity index is 1530. The van der Waals surface area contributed by atoms with E-state index in [0.717, 1.165) is 33.8 Å². The van der Waals surface area contributed by atoms with Crippen molar-refractivity contribution >= 4 is 34.7 Å². The molecule has 0 radical (unpaired) electrons. The highest BCUT2D eigenvalue weighted by Gasteiger charge is 2.18. The molecule has 0 fully saturated rings. The van der Waals surface area contributed by atoms with Crippen LogP contribution in [0.3, 0.4) is 0 Å². The van der Waals surface area contributed by atoms with Gasteiger partial charge in [0.1, 0.15) is 5.75 Å². The lowest BCUT2D eigenvalue weighted by atomic mass is 10.1. The van der Waals surface area contributed by atoms with Gasteiger partial charge in [-0.2, -0.15) is 5.10 Å². The van der Waals surface area contributed by atoms with E-state index in [2.05, 4.69) is 57.6 Å². The van der Waals surface area contributed by atoms with Crippen LogP contribution in [-0.4, -0.2) is 21.8 Å². The monoisotopic (exact) mass is 583 g/mol. The smallest absolute Gasteiger partial charge is 0.271 e. The predicted octanol–water partition coefficient (Wildman–Crippen LogP) is 6.89. The van der Waals surface area contributed by atoms with Gasteiger partial charge in [0.05, 0.1) is 21.2 Å². The number of phenols is 1. The van der Waals surface area contributed by atoms with E-state index >= 15 is 0 Å². The molecular weight excluding hydrogens is 561 g/mol.